The molecule has 23 heavy (non-hydrogen) atoms. The molecule has 0 unspecified atom stereocenters. The number of aromatic nitrogens is 2. The zero-order chi connectivity index (χ0) is 17.0. The first-order chi connectivity index (χ1) is 10.9. The van der Waals surface area contributed by atoms with Gasteiger partial charge in [-0.1, -0.05) is 55.9 Å². The highest BCUT2D eigenvalue weighted by Gasteiger charge is 2.24. The van der Waals surface area contributed by atoms with E-state index < -0.39 is 0 Å². The molecule has 5 heteroatoms. The largest absolute Gasteiger partial charge is 0.348 e. The van der Waals surface area contributed by atoms with E-state index in [1.54, 1.807) is 19.0 Å². The summed E-state index contributed by atoms with van der Waals surface area (Å²) in [6.07, 6.45) is 0. The van der Waals surface area contributed by atoms with Crippen molar-refractivity contribution in [1.29, 1.82) is 0 Å². The lowest BCUT2D eigenvalue weighted by molar-refractivity contribution is -0.128. The minimum absolute atomic E-state index is 0.0589. The summed E-state index contributed by atoms with van der Waals surface area (Å²) < 4.78 is 0. The zero-order valence-corrected chi connectivity index (χ0v) is 15.1. The van der Waals surface area contributed by atoms with Crippen LogP contribution in [0.15, 0.2) is 41.4 Å². The number of carbonyl (C=O) groups is 1. The van der Waals surface area contributed by atoms with Gasteiger partial charge in [-0.05, 0) is 18.6 Å². The van der Waals surface area contributed by atoms with Gasteiger partial charge in [0, 0.05) is 25.7 Å². The lowest BCUT2D eigenvalue weighted by atomic mass is 10.1. The molecule has 0 spiro atoms. The summed E-state index contributed by atoms with van der Waals surface area (Å²) in [5, 5.41) is 0.533. The average Bonchev–Trinajstić information content (AvgIpc) is 2.52. The number of benzene rings is 1. The molecule has 0 aliphatic heterocycles. The van der Waals surface area contributed by atoms with Gasteiger partial charge in [-0.2, -0.15) is 0 Å². The molecular formula is C18H23N3OS. The highest BCUT2D eigenvalue weighted by Crippen LogP contribution is 2.36. The highest BCUT2D eigenvalue weighted by molar-refractivity contribution is 8.00. The Bertz CT molecular complexity index is 671. The van der Waals surface area contributed by atoms with E-state index in [-0.39, 0.29) is 17.1 Å². The molecule has 1 aromatic heterocycles. The fraction of sp³-hybridized carbons (Fsp3) is 0.389. The highest BCUT2D eigenvalue weighted by atomic mass is 32.2. The van der Waals surface area contributed by atoms with Crippen molar-refractivity contribution in [3.63, 3.8) is 0 Å². The molecule has 0 fully saturated rings. The first-order valence-electron chi connectivity index (χ1n) is 7.67. The Balaban J connectivity index is 2.37. The Hall–Kier alpha value is -1.88. The Morgan fingerprint density at radius 2 is 1.78 bits per heavy atom. The number of carbonyl (C=O) groups excluding carboxylic acids is 1. The van der Waals surface area contributed by atoms with E-state index in [1.807, 2.05) is 43.3 Å². The number of nitrogens with zero attached hydrogens (tertiary/aromatic N) is 3. The van der Waals surface area contributed by atoms with Crippen LogP contribution in [0, 0.1) is 6.92 Å². The van der Waals surface area contributed by atoms with Crippen LogP contribution >= 0.6 is 11.8 Å². The number of thioether (sulfide) groups is 1. The molecular weight excluding hydrogens is 306 g/mol. The van der Waals surface area contributed by atoms with Gasteiger partial charge in [0.05, 0.1) is 0 Å². The number of hydrogen-bond acceptors (Lipinski definition) is 4. The van der Waals surface area contributed by atoms with Gasteiger partial charge in [0.25, 0.3) is 0 Å². The van der Waals surface area contributed by atoms with E-state index >= 15 is 0 Å². The van der Waals surface area contributed by atoms with Crippen molar-refractivity contribution in [2.24, 2.45) is 0 Å². The molecule has 0 aliphatic rings. The van der Waals surface area contributed by atoms with Crippen LogP contribution < -0.4 is 0 Å². The van der Waals surface area contributed by atoms with Gasteiger partial charge < -0.3 is 4.90 Å². The van der Waals surface area contributed by atoms with Crippen molar-refractivity contribution < 1.29 is 4.79 Å². The molecule has 0 aliphatic carbocycles. The molecule has 0 bridgehead atoms. The minimum atomic E-state index is -0.305. The monoisotopic (exact) mass is 329 g/mol. The molecule has 0 radical (unpaired) electrons. The van der Waals surface area contributed by atoms with Crippen molar-refractivity contribution in [3.05, 3.63) is 53.5 Å². The summed E-state index contributed by atoms with van der Waals surface area (Å²) in [6, 6.07) is 11.8. The number of rotatable bonds is 5. The maximum absolute atomic E-state index is 12.6. The van der Waals surface area contributed by atoms with Gasteiger partial charge in [-0.25, -0.2) is 9.97 Å². The van der Waals surface area contributed by atoms with E-state index in [4.69, 9.17) is 0 Å². The van der Waals surface area contributed by atoms with Crippen molar-refractivity contribution in [2.75, 3.05) is 14.1 Å². The summed E-state index contributed by atoms with van der Waals surface area (Å²) in [5.41, 5.74) is 1.91. The average molecular weight is 329 g/mol. The predicted octanol–water partition coefficient (Wildman–Crippen LogP) is 3.83. The predicted molar refractivity (Wildman–Crippen MR) is 94.6 cm³/mol. The number of amides is 1. The lowest BCUT2D eigenvalue weighted by Crippen LogP contribution is -2.26. The van der Waals surface area contributed by atoms with E-state index in [0.29, 0.717) is 0 Å². The molecule has 0 saturated carbocycles. The minimum Gasteiger partial charge on any atom is -0.348 e. The second kappa shape index (κ2) is 7.59. The van der Waals surface area contributed by atoms with Crippen molar-refractivity contribution in [2.45, 2.75) is 37.0 Å². The van der Waals surface area contributed by atoms with Crippen LogP contribution in [-0.4, -0.2) is 34.9 Å². The first kappa shape index (κ1) is 17.5. The van der Waals surface area contributed by atoms with Gasteiger partial charge in [-0.15, -0.1) is 0 Å². The van der Waals surface area contributed by atoms with Crippen LogP contribution in [0.4, 0.5) is 0 Å². The van der Waals surface area contributed by atoms with Crippen LogP contribution in [0.1, 0.15) is 42.1 Å². The number of likely N-dealkylation sites (N-methyl/N-ethyl adjacent to an activating group) is 1. The molecule has 2 rings (SSSR count). The summed E-state index contributed by atoms with van der Waals surface area (Å²) in [7, 11) is 3.56. The van der Waals surface area contributed by atoms with Gasteiger partial charge >= 0.3 is 0 Å². The Kier molecular flexibility index (Phi) is 5.77. The summed E-state index contributed by atoms with van der Waals surface area (Å²) >= 11 is 1.48. The molecule has 4 nitrogen and oxygen atoms in total. The van der Waals surface area contributed by atoms with Crippen LogP contribution in [0.2, 0.25) is 0 Å². The summed E-state index contributed by atoms with van der Waals surface area (Å²) in [5.74, 6) is 1.13. The van der Waals surface area contributed by atoms with E-state index in [0.717, 1.165) is 22.1 Å². The van der Waals surface area contributed by atoms with E-state index in [2.05, 4.69) is 23.8 Å². The third-order valence-corrected chi connectivity index (χ3v) is 4.53. The van der Waals surface area contributed by atoms with Crippen LogP contribution in [0.25, 0.3) is 0 Å². The molecule has 0 N–H and O–H groups in total. The van der Waals surface area contributed by atoms with Gasteiger partial charge in [0.15, 0.2) is 0 Å². The molecule has 2 aromatic rings. The SMILES string of the molecule is Cc1cc(S[C@@H](C(=O)N(C)C)c2ccccc2)nc(C(C)C)n1. The summed E-state index contributed by atoms with van der Waals surface area (Å²) in [4.78, 5) is 23.3. The topological polar surface area (TPSA) is 46.1 Å². The van der Waals surface area contributed by atoms with Crippen LogP contribution in [-0.2, 0) is 4.79 Å². The maximum Gasteiger partial charge on any atom is 0.240 e. The Morgan fingerprint density at radius 3 is 2.35 bits per heavy atom. The smallest absolute Gasteiger partial charge is 0.240 e. The molecule has 0 saturated heterocycles. The number of hydrogen-bond donors (Lipinski definition) is 0. The third kappa shape index (κ3) is 4.55. The molecule has 1 heterocycles. The molecule has 1 amide bonds. The molecule has 122 valence electrons. The Labute approximate surface area is 142 Å². The van der Waals surface area contributed by atoms with Crippen molar-refractivity contribution in [1.82, 2.24) is 14.9 Å². The van der Waals surface area contributed by atoms with Crippen LogP contribution in [0.5, 0.6) is 0 Å². The van der Waals surface area contributed by atoms with Gasteiger partial charge in [-0.3, -0.25) is 4.79 Å². The Morgan fingerprint density at radius 1 is 1.13 bits per heavy atom. The van der Waals surface area contributed by atoms with Gasteiger partial charge in [0.2, 0.25) is 5.91 Å². The first-order valence-corrected chi connectivity index (χ1v) is 8.54. The van der Waals surface area contributed by atoms with Crippen molar-refractivity contribution >= 4 is 17.7 Å². The fourth-order valence-electron chi connectivity index (χ4n) is 2.12. The van der Waals surface area contributed by atoms with Crippen molar-refractivity contribution in [3.8, 4) is 0 Å². The second-order valence-electron chi connectivity index (χ2n) is 6.00. The molecule has 1 atom stereocenters. The van der Waals surface area contributed by atoms with E-state index in [1.165, 1.54) is 11.8 Å². The zero-order valence-electron chi connectivity index (χ0n) is 14.3. The fourth-order valence-corrected chi connectivity index (χ4v) is 3.36. The maximum atomic E-state index is 12.6. The summed E-state index contributed by atoms with van der Waals surface area (Å²) in [6.45, 7) is 6.11. The standard InChI is InChI=1S/C18H23N3OS/c1-12(2)17-19-13(3)11-15(20-17)23-16(18(22)21(4)5)14-9-7-6-8-10-14/h6-12,16H,1-5H3/t16-/m1/s1. The lowest BCUT2D eigenvalue weighted by Gasteiger charge is -2.20. The van der Waals surface area contributed by atoms with E-state index in [9.17, 15) is 4.79 Å². The normalized spacial score (nSPS) is 12.3. The second-order valence-corrected chi connectivity index (χ2v) is 7.13. The van der Waals surface area contributed by atoms with Crippen LogP contribution in [0.3, 0.4) is 0 Å². The van der Waals surface area contributed by atoms with Gasteiger partial charge in [0.1, 0.15) is 16.1 Å². The number of aryl methyl sites for hydroxylation is 1. The third-order valence-electron chi connectivity index (χ3n) is 3.37. The quantitative estimate of drug-likeness (QED) is 0.618. The molecule has 1 aromatic carbocycles.